The Kier molecular flexibility index (Phi) is 6.98. The summed E-state index contributed by atoms with van der Waals surface area (Å²) in [5.74, 6) is -2.12. The maximum atomic E-state index is 12.3. The number of likely N-dealkylation sites (tertiary alicyclic amines) is 1. The van der Waals surface area contributed by atoms with Gasteiger partial charge in [0.25, 0.3) is 0 Å². The van der Waals surface area contributed by atoms with Crippen molar-refractivity contribution in [3.8, 4) is 0 Å². The SMILES string of the molecule is CCOC(=O)C(C[C@@H]1CCC(=O)N1Cc1ccccc1)C(=O)OCC. The number of benzene rings is 1. The van der Waals surface area contributed by atoms with Crippen LogP contribution in [-0.2, 0) is 30.4 Å². The zero-order valence-electron chi connectivity index (χ0n) is 14.8. The Bertz CT molecular complexity index is 583. The highest BCUT2D eigenvalue weighted by molar-refractivity contribution is 5.95. The highest BCUT2D eigenvalue weighted by Crippen LogP contribution is 2.27. The minimum atomic E-state index is -0.992. The Labute approximate surface area is 148 Å². The molecule has 1 aliphatic rings. The van der Waals surface area contributed by atoms with Crippen LogP contribution < -0.4 is 0 Å². The second kappa shape index (κ2) is 9.20. The summed E-state index contributed by atoms with van der Waals surface area (Å²) in [6, 6.07) is 9.50. The molecule has 1 saturated heterocycles. The Hall–Kier alpha value is -2.37. The summed E-state index contributed by atoms with van der Waals surface area (Å²) in [6.07, 6.45) is 1.28. The zero-order chi connectivity index (χ0) is 18.2. The molecule has 0 saturated carbocycles. The van der Waals surface area contributed by atoms with E-state index in [-0.39, 0.29) is 31.6 Å². The number of ether oxygens (including phenoxy) is 2. The van der Waals surface area contributed by atoms with Crippen LogP contribution in [0.15, 0.2) is 30.3 Å². The minimum Gasteiger partial charge on any atom is -0.465 e. The first-order valence-electron chi connectivity index (χ1n) is 8.73. The number of hydrogen-bond acceptors (Lipinski definition) is 5. The maximum absolute atomic E-state index is 12.3. The fourth-order valence-electron chi connectivity index (χ4n) is 3.08. The number of nitrogens with zero attached hydrogens (tertiary/aromatic N) is 1. The summed E-state index contributed by atoms with van der Waals surface area (Å²) < 4.78 is 10.0. The van der Waals surface area contributed by atoms with Gasteiger partial charge in [-0.15, -0.1) is 0 Å². The molecule has 0 bridgehead atoms. The van der Waals surface area contributed by atoms with Crippen LogP contribution in [0.5, 0.6) is 0 Å². The molecule has 0 aromatic heterocycles. The molecule has 0 N–H and O–H groups in total. The molecular weight excluding hydrogens is 322 g/mol. The second-order valence-electron chi connectivity index (χ2n) is 5.99. The van der Waals surface area contributed by atoms with E-state index >= 15 is 0 Å². The Morgan fingerprint density at radius 1 is 1.12 bits per heavy atom. The molecular formula is C19H25NO5. The first kappa shape index (κ1) is 19.0. The van der Waals surface area contributed by atoms with Crippen molar-refractivity contribution in [1.29, 1.82) is 0 Å². The van der Waals surface area contributed by atoms with E-state index in [1.807, 2.05) is 30.3 Å². The molecule has 0 spiro atoms. The molecule has 0 radical (unpaired) electrons. The van der Waals surface area contributed by atoms with Crippen molar-refractivity contribution >= 4 is 17.8 Å². The lowest BCUT2D eigenvalue weighted by Crippen LogP contribution is -2.38. The van der Waals surface area contributed by atoms with E-state index in [0.717, 1.165) is 5.56 Å². The summed E-state index contributed by atoms with van der Waals surface area (Å²) in [7, 11) is 0. The van der Waals surface area contributed by atoms with Gasteiger partial charge in [-0.2, -0.15) is 0 Å². The molecule has 1 atom stereocenters. The third-order valence-electron chi connectivity index (χ3n) is 4.30. The predicted octanol–water partition coefficient (Wildman–Crippen LogP) is 2.31. The Morgan fingerprint density at radius 2 is 1.72 bits per heavy atom. The number of amides is 1. The molecule has 1 aromatic carbocycles. The molecule has 1 aliphatic heterocycles. The number of rotatable bonds is 8. The van der Waals surface area contributed by atoms with Gasteiger partial charge in [0.1, 0.15) is 0 Å². The molecule has 6 heteroatoms. The van der Waals surface area contributed by atoms with Crippen LogP contribution in [-0.4, -0.2) is 42.0 Å². The highest BCUT2D eigenvalue weighted by atomic mass is 16.6. The van der Waals surface area contributed by atoms with E-state index < -0.39 is 17.9 Å². The van der Waals surface area contributed by atoms with Crippen LogP contribution in [0.3, 0.4) is 0 Å². The molecule has 1 amide bonds. The summed E-state index contributed by atoms with van der Waals surface area (Å²) in [6.45, 7) is 4.27. The van der Waals surface area contributed by atoms with Crippen molar-refractivity contribution in [2.24, 2.45) is 5.92 Å². The van der Waals surface area contributed by atoms with Crippen LogP contribution in [0.1, 0.15) is 38.7 Å². The van der Waals surface area contributed by atoms with E-state index in [2.05, 4.69) is 0 Å². The fraction of sp³-hybridized carbons (Fsp3) is 0.526. The van der Waals surface area contributed by atoms with Gasteiger partial charge in [0.15, 0.2) is 5.92 Å². The molecule has 1 aromatic rings. The molecule has 2 rings (SSSR count). The van der Waals surface area contributed by atoms with E-state index in [1.165, 1.54) is 0 Å². The van der Waals surface area contributed by atoms with E-state index in [1.54, 1.807) is 18.7 Å². The standard InChI is InChI=1S/C19H25NO5/c1-3-24-18(22)16(19(23)25-4-2)12-15-10-11-17(21)20(15)13-14-8-6-5-7-9-14/h5-9,15-16H,3-4,10-13H2,1-2H3/t15-/m0/s1. The van der Waals surface area contributed by atoms with Gasteiger partial charge in [-0.3, -0.25) is 14.4 Å². The van der Waals surface area contributed by atoms with E-state index in [4.69, 9.17) is 9.47 Å². The van der Waals surface area contributed by atoms with E-state index in [0.29, 0.717) is 19.4 Å². The monoisotopic (exact) mass is 347 g/mol. The van der Waals surface area contributed by atoms with Gasteiger partial charge in [-0.1, -0.05) is 30.3 Å². The minimum absolute atomic E-state index is 0.0420. The molecule has 0 aliphatic carbocycles. The van der Waals surface area contributed by atoms with Crippen LogP contribution in [0.4, 0.5) is 0 Å². The molecule has 6 nitrogen and oxygen atoms in total. The quantitative estimate of drug-likeness (QED) is 0.533. The van der Waals surface area contributed by atoms with Gasteiger partial charge in [-0.05, 0) is 32.3 Å². The number of hydrogen-bond donors (Lipinski definition) is 0. The Balaban J connectivity index is 2.11. The molecule has 25 heavy (non-hydrogen) atoms. The van der Waals surface area contributed by atoms with Crippen LogP contribution in [0.2, 0.25) is 0 Å². The fourth-order valence-corrected chi connectivity index (χ4v) is 3.08. The molecule has 1 fully saturated rings. The van der Waals surface area contributed by atoms with Crippen molar-refractivity contribution in [2.45, 2.75) is 45.7 Å². The third kappa shape index (κ3) is 5.05. The predicted molar refractivity (Wildman–Crippen MR) is 91.4 cm³/mol. The van der Waals surface area contributed by atoms with Crippen LogP contribution >= 0.6 is 0 Å². The van der Waals surface area contributed by atoms with Gasteiger partial charge in [0.05, 0.1) is 13.2 Å². The number of esters is 2. The van der Waals surface area contributed by atoms with Crippen LogP contribution in [0, 0.1) is 5.92 Å². The molecule has 0 unspecified atom stereocenters. The van der Waals surface area contributed by atoms with Crippen molar-refractivity contribution in [1.82, 2.24) is 4.90 Å². The molecule has 1 heterocycles. The van der Waals surface area contributed by atoms with Gasteiger partial charge < -0.3 is 14.4 Å². The summed E-state index contributed by atoms with van der Waals surface area (Å²) in [5, 5.41) is 0. The third-order valence-corrected chi connectivity index (χ3v) is 4.30. The van der Waals surface area contributed by atoms with Gasteiger partial charge in [-0.25, -0.2) is 0 Å². The first-order chi connectivity index (χ1) is 12.1. The summed E-state index contributed by atoms with van der Waals surface area (Å²) >= 11 is 0. The van der Waals surface area contributed by atoms with Gasteiger partial charge in [0, 0.05) is 19.0 Å². The average Bonchev–Trinajstić information content (AvgIpc) is 2.94. The van der Waals surface area contributed by atoms with Crippen molar-refractivity contribution in [2.75, 3.05) is 13.2 Å². The van der Waals surface area contributed by atoms with Crippen molar-refractivity contribution in [3.63, 3.8) is 0 Å². The summed E-state index contributed by atoms with van der Waals surface area (Å²) in [5.41, 5.74) is 1.02. The number of carbonyl (C=O) groups is 3. The van der Waals surface area contributed by atoms with Gasteiger partial charge >= 0.3 is 11.9 Å². The normalized spacial score (nSPS) is 17.0. The lowest BCUT2D eigenvalue weighted by molar-refractivity contribution is -0.163. The van der Waals surface area contributed by atoms with Crippen LogP contribution in [0.25, 0.3) is 0 Å². The van der Waals surface area contributed by atoms with Gasteiger partial charge in [0.2, 0.25) is 5.91 Å². The highest BCUT2D eigenvalue weighted by Gasteiger charge is 2.38. The lowest BCUT2D eigenvalue weighted by Gasteiger charge is -2.27. The molecule has 136 valence electrons. The smallest absolute Gasteiger partial charge is 0.320 e. The first-order valence-corrected chi connectivity index (χ1v) is 8.73. The topological polar surface area (TPSA) is 72.9 Å². The number of carbonyl (C=O) groups excluding carboxylic acids is 3. The van der Waals surface area contributed by atoms with Crippen molar-refractivity contribution < 1.29 is 23.9 Å². The zero-order valence-corrected chi connectivity index (χ0v) is 14.8. The second-order valence-corrected chi connectivity index (χ2v) is 5.99. The largest absolute Gasteiger partial charge is 0.465 e. The maximum Gasteiger partial charge on any atom is 0.320 e. The lowest BCUT2D eigenvalue weighted by atomic mass is 9.98. The van der Waals surface area contributed by atoms with E-state index in [9.17, 15) is 14.4 Å². The Morgan fingerprint density at radius 3 is 2.28 bits per heavy atom. The van der Waals surface area contributed by atoms with Crippen molar-refractivity contribution in [3.05, 3.63) is 35.9 Å². The summed E-state index contributed by atoms with van der Waals surface area (Å²) in [4.78, 5) is 38.3. The average molecular weight is 347 g/mol.